The number of hydrogen-bond donors (Lipinski definition) is 1. The average molecular weight is 285 g/mol. The number of aromatic nitrogens is 2. The van der Waals surface area contributed by atoms with Crippen LogP contribution in [-0.4, -0.2) is 21.2 Å². The van der Waals surface area contributed by atoms with Crippen molar-refractivity contribution in [3.63, 3.8) is 0 Å². The van der Waals surface area contributed by atoms with Gasteiger partial charge in [0, 0.05) is 18.9 Å². The molecular formula is C11H10ClFN4O2. The van der Waals surface area contributed by atoms with E-state index in [-0.39, 0.29) is 16.4 Å². The Balaban J connectivity index is 2.10. The highest BCUT2D eigenvalue weighted by molar-refractivity contribution is 6.31. The van der Waals surface area contributed by atoms with E-state index in [1.165, 1.54) is 6.07 Å². The molecule has 0 saturated heterocycles. The van der Waals surface area contributed by atoms with E-state index < -0.39 is 10.7 Å². The summed E-state index contributed by atoms with van der Waals surface area (Å²) in [5.41, 5.74) is -0.161. The lowest BCUT2D eigenvalue weighted by Gasteiger charge is -2.08. The molecule has 0 aliphatic rings. The topological polar surface area (TPSA) is 73.0 Å². The number of nitro groups is 1. The van der Waals surface area contributed by atoms with E-state index in [1.807, 2.05) is 0 Å². The molecule has 0 aliphatic heterocycles. The van der Waals surface area contributed by atoms with Crippen molar-refractivity contribution in [2.24, 2.45) is 0 Å². The fourth-order valence-corrected chi connectivity index (χ4v) is 1.73. The van der Waals surface area contributed by atoms with Gasteiger partial charge in [-0.25, -0.2) is 4.39 Å². The van der Waals surface area contributed by atoms with Crippen molar-refractivity contribution in [2.75, 3.05) is 11.9 Å². The zero-order valence-electron chi connectivity index (χ0n) is 9.72. The van der Waals surface area contributed by atoms with Gasteiger partial charge >= 0.3 is 0 Å². The van der Waals surface area contributed by atoms with Gasteiger partial charge in [0.2, 0.25) is 0 Å². The van der Waals surface area contributed by atoms with Crippen LogP contribution in [0.15, 0.2) is 30.6 Å². The first-order valence-corrected chi connectivity index (χ1v) is 5.80. The van der Waals surface area contributed by atoms with Gasteiger partial charge in [0.05, 0.1) is 22.6 Å². The molecule has 0 aliphatic carbocycles. The molecule has 1 N–H and O–H groups in total. The number of halogens is 2. The molecule has 100 valence electrons. The smallest absolute Gasteiger partial charge is 0.295 e. The number of benzene rings is 1. The third-order valence-corrected chi connectivity index (χ3v) is 2.74. The lowest BCUT2D eigenvalue weighted by molar-refractivity contribution is -0.384. The molecule has 1 aromatic heterocycles. The number of hydrogen-bond acceptors (Lipinski definition) is 4. The monoisotopic (exact) mass is 284 g/mol. The fraction of sp³-hybridized carbons (Fsp3) is 0.182. The molecular weight excluding hydrogens is 275 g/mol. The summed E-state index contributed by atoms with van der Waals surface area (Å²) in [4.78, 5) is 10.2. The molecule has 2 rings (SSSR count). The number of anilines is 1. The average Bonchev–Trinajstić information content (AvgIpc) is 2.86. The van der Waals surface area contributed by atoms with Crippen LogP contribution in [0.25, 0.3) is 0 Å². The Morgan fingerprint density at radius 3 is 2.95 bits per heavy atom. The number of nitro benzene ring substituents is 1. The maximum atomic E-state index is 13.2. The van der Waals surface area contributed by atoms with Crippen molar-refractivity contribution >= 4 is 23.0 Å². The van der Waals surface area contributed by atoms with Gasteiger partial charge in [-0.15, -0.1) is 0 Å². The predicted octanol–water partition coefficient (Wildman–Crippen LogP) is 2.70. The summed E-state index contributed by atoms with van der Waals surface area (Å²) in [5, 5.41) is 17.5. The van der Waals surface area contributed by atoms with Crippen LogP contribution < -0.4 is 5.32 Å². The molecule has 0 unspecified atom stereocenters. The molecule has 0 amide bonds. The van der Waals surface area contributed by atoms with Crippen LogP contribution in [0.1, 0.15) is 0 Å². The second-order valence-electron chi connectivity index (χ2n) is 3.74. The van der Waals surface area contributed by atoms with Crippen LogP contribution >= 0.6 is 11.6 Å². The Bertz CT molecular complexity index is 589. The van der Waals surface area contributed by atoms with E-state index in [2.05, 4.69) is 10.4 Å². The second kappa shape index (κ2) is 5.66. The molecule has 0 saturated carbocycles. The molecule has 19 heavy (non-hydrogen) atoms. The van der Waals surface area contributed by atoms with Crippen LogP contribution in [-0.2, 0) is 6.54 Å². The van der Waals surface area contributed by atoms with Gasteiger partial charge < -0.3 is 5.32 Å². The van der Waals surface area contributed by atoms with Crippen molar-refractivity contribution in [2.45, 2.75) is 6.54 Å². The third-order valence-electron chi connectivity index (χ3n) is 2.45. The predicted molar refractivity (Wildman–Crippen MR) is 68.8 cm³/mol. The highest BCUT2D eigenvalue weighted by Gasteiger charge is 2.17. The summed E-state index contributed by atoms with van der Waals surface area (Å²) in [7, 11) is 0. The molecule has 0 spiro atoms. The largest absolute Gasteiger partial charge is 0.378 e. The number of nitrogens with one attached hydrogen (secondary N) is 1. The minimum atomic E-state index is -0.814. The molecule has 8 heteroatoms. The summed E-state index contributed by atoms with van der Waals surface area (Å²) in [5.74, 6) is -0.814. The first kappa shape index (κ1) is 13.3. The summed E-state index contributed by atoms with van der Waals surface area (Å²) < 4.78 is 14.9. The molecule has 1 aromatic carbocycles. The lowest BCUT2D eigenvalue weighted by atomic mass is 10.2. The van der Waals surface area contributed by atoms with E-state index >= 15 is 0 Å². The summed E-state index contributed by atoms with van der Waals surface area (Å²) in [6.45, 7) is 0.934. The number of rotatable bonds is 5. The molecule has 0 fully saturated rings. The highest BCUT2D eigenvalue weighted by Crippen LogP contribution is 2.30. The first-order chi connectivity index (χ1) is 9.08. The van der Waals surface area contributed by atoms with Gasteiger partial charge in [-0.1, -0.05) is 11.6 Å². The number of nitrogens with zero attached hydrogens (tertiary/aromatic N) is 3. The first-order valence-electron chi connectivity index (χ1n) is 5.42. The quantitative estimate of drug-likeness (QED) is 0.677. The SMILES string of the molecule is O=[N+]([O-])c1cc(F)c(Cl)cc1NCCn1cccn1. The maximum absolute atomic E-state index is 13.2. The lowest BCUT2D eigenvalue weighted by Crippen LogP contribution is -2.12. The van der Waals surface area contributed by atoms with Gasteiger partial charge in [0.25, 0.3) is 5.69 Å². The van der Waals surface area contributed by atoms with Gasteiger partial charge in [-0.3, -0.25) is 14.8 Å². The minimum absolute atomic E-state index is 0.160. The van der Waals surface area contributed by atoms with Crippen molar-refractivity contribution in [3.8, 4) is 0 Å². The molecule has 0 atom stereocenters. The Kier molecular flexibility index (Phi) is 3.96. The van der Waals surface area contributed by atoms with Crippen LogP contribution in [0.2, 0.25) is 5.02 Å². The standard InChI is InChI=1S/C11H10ClFN4O2/c12-8-6-10(11(17(18)19)7-9(8)13)14-3-5-16-4-1-2-15-16/h1-2,4,6-7,14H,3,5H2. The fourth-order valence-electron chi connectivity index (χ4n) is 1.57. The second-order valence-corrected chi connectivity index (χ2v) is 4.14. The molecule has 6 nitrogen and oxygen atoms in total. The molecule has 1 heterocycles. The molecule has 0 radical (unpaired) electrons. The minimum Gasteiger partial charge on any atom is -0.378 e. The maximum Gasteiger partial charge on any atom is 0.295 e. The normalized spacial score (nSPS) is 10.4. The van der Waals surface area contributed by atoms with Crippen molar-refractivity contribution in [1.29, 1.82) is 0 Å². The zero-order chi connectivity index (χ0) is 13.8. The van der Waals surface area contributed by atoms with E-state index in [0.717, 1.165) is 6.07 Å². The summed E-state index contributed by atoms with van der Waals surface area (Å²) >= 11 is 5.61. The van der Waals surface area contributed by atoms with E-state index in [9.17, 15) is 14.5 Å². The van der Waals surface area contributed by atoms with Gasteiger partial charge in [0.15, 0.2) is 0 Å². The van der Waals surface area contributed by atoms with Gasteiger partial charge in [-0.2, -0.15) is 5.10 Å². The van der Waals surface area contributed by atoms with Crippen molar-refractivity contribution in [1.82, 2.24) is 9.78 Å². The Hall–Kier alpha value is -2.15. The van der Waals surface area contributed by atoms with E-state index in [1.54, 1.807) is 23.1 Å². The van der Waals surface area contributed by atoms with Crippen LogP contribution in [0, 0.1) is 15.9 Å². The van der Waals surface area contributed by atoms with E-state index in [0.29, 0.717) is 13.1 Å². The van der Waals surface area contributed by atoms with Crippen molar-refractivity contribution in [3.05, 3.63) is 51.5 Å². The molecule has 2 aromatic rings. The van der Waals surface area contributed by atoms with Crippen LogP contribution in [0.4, 0.5) is 15.8 Å². The van der Waals surface area contributed by atoms with Crippen molar-refractivity contribution < 1.29 is 9.31 Å². The van der Waals surface area contributed by atoms with E-state index in [4.69, 9.17) is 11.6 Å². The van der Waals surface area contributed by atoms with Crippen LogP contribution in [0.5, 0.6) is 0 Å². The zero-order valence-corrected chi connectivity index (χ0v) is 10.5. The Morgan fingerprint density at radius 2 is 2.32 bits per heavy atom. The Labute approximate surface area is 112 Å². The molecule has 0 bridgehead atoms. The van der Waals surface area contributed by atoms with Gasteiger partial charge in [-0.05, 0) is 12.1 Å². The highest BCUT2D eigenvalue weighted by atomic mass is 35.5. The summed E-state index contributed by atoms with van der Waals surface area (Å²) in [6.07, 6.45) is 3.41. The van der Waals surface area contributed by atoms with Gasteiger partial charge in [0.1, 0.15) is 11.5 Å². The van der Waals surface area contributed by atoms with Crippen LogP contribution in [0.3, 0.4) is 0 Å². The summed E-state index contributed by atoms with van der Waals surface area (Å²) in [6, 6.07) is 3.79. The third kappa shape index (κ3) is 3.19. The Morgan fingerprint density at radius 1 is 1.53 bits per heavy atom.